The molecule has 1 aliphatic rings. The third-order valence-corrected chi connectivity index (χ3v) is 7.50. The fourth-order valence-corrected chi connectivity index (χ4v) is 5.67. The van der Waals surface area contributed by atoms with E-state index >= 15 is 0 Å². The summed E-state index contributed by atoms with van der Waals surface area (Å²) in [6.45, 7) is 1.16. The molecule has 1 aliphatic heterocycles. The predicted octanol–water partition coefficient (Wildman–Crippen LogP) is 1.64. The van der Waals surface area contributed by atoms with Crippen molar-refractivity contribution in [2.24, 2.45) is 7.05 Å². The number of aromatic amines is 1. The van der Waals surface area contributed by atoms with Crippen LogP contribution in [0.25, 0.3) is 0 Å². The van der Waals surface area contributed by atoms with Crippen molar-refractivity contribution >= 4 is 39.5 Å². The lowest BCUT2D eigenvalue weighted by molar-refractivity contribution is 0.0950. The van der Waals surface area contributed by atoms with Crippen LogP contribution in [-0.4, -0.2) is 46.5 Å². The van der Waals surface area contributed by atoms with E-state index in [0.717, 1.165) is 30.6 Å². The Kier molecular flexibility index (Phi) is 5.37. The number of rotatable bonds is 5. The number of hydrogen-bond acceptors (Lipinski definition) is 6. The van der Waals surface area contributed by atoms with Crippen molar-refractivity contribution in [3.63, 3.8) is 0 Å². The zero-order valence-electron chi connectivity index (χ0n) is 13.7. The normalized spacial score (nSPS) is 16.0. The second-order valence-electron chi connectivity index (χ2n) is 5.77. The average Bonchev–Trinajstić information content (AvgIpc) is 3.23. The van der Waals surface area contributed by atoms with Gasteiger partial charge >= 0.3 is 0 Å². The molecule has 25 heavy (non-hydrogen) atoms. The molecule has 0 spiro atoms. The van der Waals surface area contributed by atoms with Crippen LogP contribution < -0.4 is 5.32 Å². The molecule has 0 aliphatic carbocycles. The smallest absolute Gasteiger partial charge is 0.263 e. The first-order valence-electron chi connectivity index (χ1n) is 7.87. The average molecular weight is 402 g/mol. The first-order valence-corrected chi connectivity index (χ1v) is 10.6. The van der Waals surface area contributed by atoms with Gasteiger partial charge in [-0.2, -0.15) is 9.40 Å². The van der Waals surface area contributed by atoms with Gasteiger partial charge in [-0.25, -0.2) is 8.42 Å². The minimum atomic E-state index is -3.64. The molecule has 0 unspecified atom stereocenters. The number of sulfonamides is 1. The van der Waals surface area contributed by atoms with Gasteiger partial charge in [-0.05, 0) is 36.5 Å². The van der Waals surface area contributed by atoms with E-state index in [4.69, 9.17) is 12.2 Å². The van der Waals surface area contributed by atoms with E-state index in [1.807, 2.05) is 0 Å². The summed E-state index contributed by atoms with van der Waals surface area (Å²) in [7, 11) is -1.90. The van der Waals surface area contributed by atoms with E-state index in [-0.39, 0.29) is 16.3 Å². The number of hydrogen-bond donors (Lipinski definition) is 2. The van der Waals surface area contributed by atoms with Gasteiger partial charge in [0, 0.05) is 20.1 Å². The highest BCUT2D eigenvalue weighted by Gasteiger charge is 2.30. The standard InChI is InChI=1S/C14H19N5O3S3/c1-18-11(16-17-14(18)23)9-15-13(20)12-10(5-8-24-12)25(21,22)19-6-3-2-4-7-19/h5,8H,2-4,6-7,9H2,1H3,(H,15,20)(H,17,23). The lowest BCUT2D eigenvalue weighted by Gasteiger charge is -2.25. The van der Waals surface area contributed by atoms with Crippen LogP contribution in [0.15, 0.2) is 16.3 Å². The summed E-state index contributed by atoms with van der Waals surface area (Å²) in [6, 6.07) is 1.50. The molecule has 0 saturated carbocycles. The van der Waals surface area contributed by atoms with E-state index in [0.29, 0.717) is 23.7 Å². The van der Waals surface area contributed by atoms with Crippen molar-refractivity contribution in [1.82, 2.24) is 24.4 Å². The van der Waals surface area contributed by atoms with Gasteiger partial charge in [-0.3, -0.25) is 9.89 Å². The Morgan fingerprint density at radius 3 is 2.76 bits per heavy atom. The van der Waals surface area contributed by atoms with Crippen LogP contribution in [0.3, 0.4) is 0 Å². The number of H-pyrrole nitrogens is 1. The predicted molar refractivity (Wildman–Crippen MR) is 96.5 cm³/mol. The zero-order chi connectivity index (χ0) is 18.0. The number of amides is 1. The first-order chi connectivity index (χ1) is 11.9. The summed E-state index contributed by atoms with van der Waals surface area (Å²) < 4.78 is 29.2. The molecule has 2 N–H and O–H groups in total. The highest BCUT2D eigenvalue weighted by Crippen LogP contribution is 2.27. The first kappa shape index (κ1) is 18.2. The molecule has 0 bridgehead atoms. The third kappa shape index (κ3) is 3.68. The van der Waals surface area contributed by atoms with Gasteiger partial charge in [0.25, 0.3) is 5.91 Å². The summed E-state index contributed by atoms with van der Waals surface area (Å²) in [5.41, 5.74) is 0. The molecule has 1 amide bonds. The number of aromatic nitrogens is 3. The van der Waals surface area contributed by atoms with E-state index in [2.05, 4.69) is 15.5 Å². The van der Waals surface area contributed by atoms with E-state index in [1.54, 1.807) is 17.0 Å². The van der Waals surface area contributed by atoms with Crippen molar-refractivity contribution in [2.45, 2.75) is 30.7 Å². The Morgan fingerprint density at radius 1 is 1.40 bits per heavy atom. The van der Waals surface area contributed by atoms with Gasteiger partial charge in [-0.1, -0.05) is 6.42 Å². The molecule has 8 nitrogen and oxygen atoms in total. The monoisotopic (exact) mass is 401 g/mol. The number of nitrogens with one attached hydrogen (secondary N) is 2. The van der Waals surface area contributed by atoms with Crippen LogP contribution in [0, 0.1) is 4.77 Å². The molecular weight excluding hydrogens is 382 g/mol. The molecule has 1 fully saturated rings. The van der Waals surface area contributed by atoms with Gasteiger partial charge in [0.05, 0.1) is 6.54 Å². The molecule has 2 aromatic rings. The molecule has 1 saturated heterocycles. The zero-order valence-corrected chi connectivity index (χ0v) is 16.1. The fraction of sp³-hybridized carbons (Fsp3) is 0.500. The van der Waals surface area contributed by atoms with E-state index < -0.39 is 15.9 Å². The minimum absolute atomic E-state index is 0.0762. The second kappa shape index (κ2) is 7.36. The summed E-state index contributed by atoms with van der Waals surface area (Å²) in [5.74, 6) is 0.134. The molecule has 2 aromatic heterocycles. The number of nitrogens with zero attached hydrogens (tertiary/aromatic N) is 3. The Morgan fingerprint density at radius 2 is 2.12 bits per heavy atom. The quantitative estimate of drug-likeness (QED) is 0.742. The molecule has 3 heterocycles. The third-order valence-electron chi connectivity index (χ3n) is 4.15. The number of carbonyl (C=O) groups is 1. The molecule has 0 aromatic carbocycles. The fourth-order valence-electron chi connectivity index (χ4n) is 2.69. The number of carbonyl (C=O) groups excluding carboxylic acids is 1. The maximum Gasteiger partial charge on any atom is 0.263 e. The van der Waals surface area contributed by atoms with Crippen molar-refractivity contribution in [2.75, 3.05) is 13.1 Å². The molecular formula is C14H19N5O3S3. The lowest BCUT2D eigenvalue weighted by atomic mass is 10.2. The maximum absolute atomic E-state index is 12.8. The van der Waals surface area contributed by atoms with Gasteiger partial charge in [0.1, 0.15) is 9.77 Å². The van der Waals surface area contributed by atoms with Crippen LogP contribution in [-0.2, 0) is 23.6 Å². The summed E-state index contributed by atoms with van der Waals surface area (Å²) >= 11 is 6.14. The lowest BCUT2D eigenvalue weighted by Crippen LogP contribution is -2.36. The highest BCUT2D eigenvalue weighted by molar-refractivity contribution is 7.89. The topological polar surface area (TPSA) is 100 Å². The molecule has 3 rings (SSSR count). The van der Waals surface area contributed by atoms with E-state index in [9.17, 15) is 13.2 Å². The maximum atomic E-state index is 12.8. The Balaban J connectivity index is 1.77. The molecule has 11 heteroatoms. The minimum Gasteiger partial charge on any atom is -0.344 e. The van der Waals surface area contributed by atoms with Gasteiger partial charge in [0.15, 0.2) is 10.6 Å². The van der Waals surface area contributed by atoms with Gasteiger partial charge in [-0.15, -0.1) is 11.3 Å². The number of piperidine rings is 1. The van der Waals surface area contributed by atoms with Crippen molar-refractivity contribution in [3.8, 4) is 0 Å². The molecule has 0 atom stereocenters. The summed E-state index contributed by atoms with van der Waals surface area (Å²) in [6.07, 6.45) is 2.74. The Hall–Kier alpha value is -1.56. The van der Waals surface area contributed by atoms with Crippen LogP contribution in [0.4, 0.5) is 0 Å². The van der Waals surface area contributed by atoms with Gasteiger partial charge < -0.3 is 9.88 Å². The van der Waals surface area contributed by atoms with Crippen molar-refractivity contribution in [3.05, 3.63) is 26.9 Å². The van der Waals surface area contributed by atoms with E-state index in [1.165, 1.54) is 10.4 Å². The Labute approximate surface area is 154 Å². The van der Waals surface area contributed by atoms with Crippen LogP contribution in [0.2, 0.25) is 0 Å². The molecule has 136 valence electrons. The Bertz CT molecular complexity index is 922. The molecule has 0 radical (unpaired) electrons. The van der Waals surface area contributed by atoms with Crippen LogP contribution in [0.1, 0.15) is 34.8 Å². The summed E-state index contributed by atoms with van der Waals surface area (Å²) in [5, 5.41) is 11.0. The summed E-state index contributed by atoms with van der Waals surface area (Å²) in [4.78, 5) is 12.8. The van der Waals surface area contributed by atoms with Crippen LogP contribution >= 0.6 is 23.6 Å². The highest BCUT2D eigenvalue weighted by atomic mass is 32.2. The van der Waals surface area contributed by atoms with Gasteiger partial charge in [0.2, 0.25) is 10.0 Å². The van der Waals surface area contributed by atoms with Crippen LogP contribution in [0.5, 0.6) is 0 Å². The van der Waals surface area contributed by atoms with Crippen molar-refractivity contribution < 1.29 is 13.2 Å². The number of thiophene rings is 1. The largest absolute Gasteiger partial charge is 0.344 e. The van der Waals surface area contributed by atoms with Crippen molar-refractivity contribution in [1.29, 1.82) is 0 Å². The SMILES string of the molecule is Cn1c(CNC(=O)c2sccc2S(=O)(=O)N2CCCCC2)n[nH]c1=S. The second-order valence-corrected chi connectivity index (χ2v) is 8.97.